The Kier molecular flexibility index (Phi) is 5.92. The molecule has 0 aliphatic heterocycles. The van der Waals surface area contributed by atoms with E-state index in [1.807, 2.05) is 18.2 Å². The third kappa shape index (κ3) is 5.47. The number of hydrogen-bond acceptors (Lipinski definition) is 4. The highest BCUT2D eigenvalue weighted by Crippen LogP contribution is 2.36. The molecule has 0 atom stereocenters. The van der Waals surface area contributed by atoms with Crippen LogP contribution in [0.25, 0.3) is 0 Å². The maximum absolute atomic E-state index is 11.1. The molecule has 1 heterocycles. The van der Waals surface area contributed by atoms with Gasteiger partial charge in [-0.3, -0.25) is 4.98 Å². The molecule has 1 rings (SSSR count). The molecule has 0 unspecified atom stereocenters. The number of carbonyl (C=O) groups excluding carboxylic acids is 1. The molecular formula is C15H26N2O3Si. The fourth-order valence-electron chi connectivity index (χ4n) is 1.37. The van der Waals surface area contributed by atoms with Gasteiger partial charge in [0.1, 0.15) is 6.61 Å². The molecule has 0 fully saturated rings. The predicted molar refractivity (Wildman–Crippen MR) is 85.5 cm³/mol. The highest BCUT2D eigenvalue weighted by Gasteiger charge is 2.37. The fourth-order valence-corrected chi connectivity index (χ4v) is 2.31. The number of carbonyl (C=O) groups is 1. The summed E-state index contributed by atoms with van der Waals surface area (Å²) in [5.41, 5.74) is 1.58. The molecule has 0 saturated carbocycles. The molecule has 0 radical (unpaired) electrons. The van der Waals surface area contributed by atoms with E-state index >= 15 is 0 Å². The molecule has 5 nitrogen and oxygen atoms in total. The van der Waals surface area contributed by atoms with Crippen LogP contribution in [0.4, 0.5) is 4.79 Å². The van der Waals surface area contributed by atoms with Gasteiger partial charge in [-0.1, -0.05) is 26.8 Å². The number of pyridine rings is 1. The monoisotopic (exact) mass is 310 g/mol. The molecule has 1 N–H and O–H groups in total. The van der Waals surface area contributed by atoms with Gasteiger partial charge in [0, 0.05) is 7.05 Å². The summed E-state index contributed by atoms with van der Waals surface area (Å²) in [6.07, 6.45) is -0.459. The molecule has 1 amide bonds. The van der Waals surface area contributed by atoms with Gasteiger partial charge in [-0.05, 0) is 30.3 Å². The molecule has 0 aromatic carbocycles. The van der Waals surface area contributed by atoms with E-state index in [9.17, 15) is 4.79 Å². The number of hydrogen-bond donors (Lipinski definition) is 1. The molecule has 1 aromatic heterocycles. The molecular weight excluding hydrogens is 284 g/mol. The Morgan fingerprint density at radius 3 is 2.33 bits per heavy atom. The van der Waals surface area contributed by atoms with E-state index in [0.29, 0.717) is 6.61 Å². The smallest absolute Gasteiger partial charge is 0.407 e. The van der Waals surface area contributed by atoms with Crippen molar-refractivity contribution in [2.45, 2.75) is 52.1 Å². The van der Waals surface area contributed by atoms with E-state index in [1.54, 1.807) is 0 Å². The van der Waals surface area contributed by atoms with Gasteiger partial charge in [-0.2, -0.15) is 0 Å². The quantitative estimate of drug-likeness (QED) is 0.846. The second-order valence-corrected chi connectivity index (χ2v) is 11.3. The van der Waals surface area contributed by atoms with Gasteiger partial charge in [0.05, 0.1) is 18.0 Å². The van der Waals surface area contributed by atoms with Crippen LogP contribution in [0.1, 0.15) is 32.2 Å². The van der Waals surface area contributed by atoms with Gasteiger partial charge >= 0.3 is 6.09 Å². The second kappa shape index (κ2) is 7.04. The standard InChI is InChI=1S/C15H26N2O3Si/c1-15(2,3)21(5,6)20-11-13-9-7-8-12(17-13)10-19-14(18)16-4/h7-9H,10-11H2,1-6H3,(H,16,18). The largest absolute Gasteiger partial charge is 0.443 e. The van der Waals surface area contributed by atoms with Crippen LogP contribution < -0.4 is 5.32 Å². The van der Waals surface area contributed by atoms with Crippen molar-refractivity contribution < 1.29 is 14.0 Å². The SMILES string of the molecule is CNC(=O)OCc1cccc(CO[Si](C)(C)C(C)(C)C)n1. The van der Waals surface area contributed by atoms with Crippen molar-refractivity contribution in [2.24, 2.45) is 0 Å². The number of aromatic nitrogens is 1. The van der Waals surface area contributed by atoms with Crippen LogP contribution >= 0.6 is 0 Å². The van der Waals surface area contributed by atoms with Crippen LogP contribution in [0.15, 0.2) is 18.2 Å². The predicted octanol–water partition coefficient (Wildman–Crippen LogP) is 3.46. The van der Waals surface area contributed by atoms with Crippen LogP contribution in [0.2, 0.25) is 18.1 Å². The van der Waals surface area contributed by atoms with Crippen molar-refractivity contribution in [3.8, 4) is 0 Å². The number of nitrogens with one attached hydrogen (secondary N) is 1. The Bertz CT molecular complexity index is 484. The van der Waals surface area contributed by atoms with Crippen molar-refractivity contribution in [3.05, 3.63) is 29.6 Å². The first-order valence-electron chi connectivity index (χ1n) is 7.09. The first kappa shape index (κ1) is 17.6. The summed E-state index contributed by atoms with van der Waals surface area (Å²) < 4.78 is 11.1. The van der Waals surface area contributed by atoms with E-state index in [1.165, 1.54) is 7.05 Å². The van der Waals surface area contributed by atoms with E-state index < -0.39 is 14.4 Å². The summed E-state index contributed by atoms with van der Waals surface area (Å²) >= 11 is 0. The van der Waals surface area contributed by atoms with E-state index in [2.05, 4.69) is 44.2 Å². The van der Waals surface area contributed by atoms with Crippen molar-refractivity contribution in [3.63, 3.8) is 0 Å². The first-order valence-corrected chi connectivity index (χ1v) is 10.00. The minimum atomic E-state index is -1.78. The van der Waals surface area contributed by atoms with Crippen LogP contribution in [0.3, 0.4) is 0 Å². The molecule has 0 saturated heterocycles. The molecule has 1 aromatic rings. The van der Waals surface area contributed by atoms with Gasteiger partial charge < -0.3 is 14.5 Å². The number of nitrogens with zero attached hydrogens (tertiary/aromatic N) is 1. The number of alkyl carbamates (subject to hydrolysis) is 1. The maximum atomic E-state index is 11.1. The lowest BCUT2D eigenvalue weighted by Gasteiger charge is -2.36. The Labute approximate surface area is 128 Å². The Hall–Kier alpha value is -1.40. The molecule has 6 heteroatoms. The van der Waals surface area contributed by atoms with Gasteiger partial charge in [0.25, 0.3) is 0 Å². The summed E-state index contributed by atoms with van der Waals surface area (Å²) in [5.74, 6) is 0. The van der Waals surface area contributed by atoms with E-state index in [0.717, 1.165) is 11.4 Å². The maximum Gasteiger partial charge on any atom is 0.407 e. The summed E-state index contributed by atoms with van der Waals surface area (Å²) in [4.78, 5) is 15.5. The minimum absolute atomic E-state index is 0.160. The number of ether oxygens (including phenoxy) is 1. The van der Waals surface area contributed by atoms with Crippen LogP contribution in [-0.4, -0.2) is 26.4 Å². The van der Waals surface area contributed by atoms with Gasteiger partial charge in [-0.15, -0.1) is 0 Å². The van der Waals surface area contributed by atoms with Gasteiger partial charge in [0.2, 0.25) is 0 Å². The lowest BCUT2D eigenvalue weighted by molar-refractivity contribution is 0.140. The van der Waals surface area contributed by atoms with Crippen LogP contribution in [0, 0.1) is 0 Å². The van der Waals surface area contributed by atoms with E-state index in [-0.39, 0.29) is 11.6 Å². The first-order chi connectivity index (χ1) is 9.65. The molecule has 0 aliphatic rings. The third-order valence-corrected chi connectivity index (χ3v) is 8.29. The lowest BCUT2D eigenvalue weighted by Crippen LogP contribution is -2.40. The zero-order valence-electron chi connectivity index (χ0n) is 13.8. The summed E-state index contributed by atoms with van der Waals surface area (Å²) in [7, 11) is -0.256. The highest BCUT2D eigenvalue weighted by molar-refractivity contribution is 6.74. The van der Waals surface area contributed by atoms with Crippen molar-refractivity contribution >= 4 is 14.4 Å². The Morgan fingerprint density at radius 1 is 1.24 bits per heavy atom. The number of amides is 1. The molecule has 21 heavy (non-hydrogen) atoms. The zero-order valence-corrected chi connectivity index (χ0v) is 14.8. The number of rotatable bonds is 5. The molecule has 0 spiro atoms. The average Bonchev–Trinajstić information content (AvgIpc) is 2.42. The van der Waals surface area contributed by atoms with Crippen LogP contribution in [-0.2, 0) is 22.4 Å². The third-order valence-electron chi connectivity index (χ3n) is 3.81. The summed E-state index contributed by atoms with van der Waals surface area (Å²) in [6, 6.07) is 5.66. The lowest BCUT2D eigenvalue weighted by atomic mass is 10.2. The van der Waals surface area contributed by atoms with Crippen molar-refractivity contribution in [2.75, 3.05) is 7.05 Å². The van der Waals surface area contributed by atoms with E-state index in [4.69, 9.17) is 9.16 Å². The average molecular weight is 310 g/mol. The molecule has 0 bridgehead atoms. The minimum Gasteiger partial charge on any atom is -0.443 e. The zero-order chi connectivity index (χ0) is 16.1. The Balaban J connectivity index is 2.63. The summed E-state index contributed by atoms with van der Waals surface area (Å²) in [6.45, 7) is 11.7. The topological polar surface area (TPSA) is 60.5 Å². The van der Waals surface area contributed by atoms with Crippen molar-refractivity contribution in [1.29, 1.82) is 0 Å². The summed E-state index contributed by atoms with van der Waals surface area (Å²) in [5, 5.41) is 2.58. The second-order valence-electron chi connectivity index (χ2n) is 6.50. The molecule has 118 valence electrons. The molecule has 0 aliphatic carbocycles. The highest BCUT2D eigenvalue weighted by atomic mass is 28.4. The van der Waals surface area contributed by atoms with Crippen molar-refractivity contribution in [1.82, 2.24) is 10.3 Å². The van der Waals surface area contributed by atoms with Gasteiger partial charge in [0.15, 0.2) is 8.32 Å². The normalized spacial score (nSPS) is 12.1. The fraction of sp³-hybridized carbons (Fsp3) is 0.600. The van der Waals surface area contributed by atoms with Gasteiger partial charge in [-0.25, -0.2) is 4.79 Å². The Morgan fingerprint density at radius 2 is 1.81 bits per heavy atom. The van der Waals surface area contributed by atoms with Crippen LogP contribution in [0.5, 0.6) is 0 Å².